The maximum atomic E-state index is 13.8. The maximum absolute atomic E-state index is 13.8. The van der Waals surface area contributed by atoms with Crippen LogP contribution in [0.15, 0.2) is 48.5 Å². The molecule has 32 heavy (non-hydrogen) atoms. The molecule has 1 fully saturated rings. The Labute approximate surface area is 187 Å². The molecule has 1 atom stereocenters. The van der Waals surface area contributed by atoms with Gasteiger partial charge in [-0.15, -0.1) is 0 Å². The Kier molecular flexibility index (Phi) is 7.72. The zero-order valence-electron chi connectivity index (χ0n) is 17.6. The molecule has 1 saturated heterocycles. The monoisotopic (exact) mass is 460 g/mol. The summed E-state index contributed by atoms with van der Waals surface area (Å²) in [5.74, 6) is 5.01. The molecule has 1 aliphatic heterocycles. The van der Waals surface area contributed by atoms with Crippen molar-refractivity contribution in [1.82, 2.24) is 9.62 Å². The lowest BCUT2D eigenvalue weighted by Crippen LogP contribution is -2.45. The van der Waals surface area contributed by atoms with Crippen molar-refractivity contribution < 1.29 is 27.4 Å². The van der Waals surface area contributed by atoms with Gasteiger partial charge in [-0.1, -0.05) is 36.1 Å². The van der Waals surface area contributed by atoms with Crippen LogP contribution in [0, 0.1) is 17.7 Å². The number of ether oxygens (including phenoxy) is 1. The van der Waals surface area contributed by atoms with Gasteiger partial charge in [0.2, 0.25) is 10.0 Å². The fourth-order valence-corrected chi connectivity index (χ4v) is 5.22. The summed E-state index contributed by atoms with van der Waals surface area (Å²) in [6, 6.07) is 12.3. The predicted octanol–water partition coefficient (Wildman–Crippen LogP) is 3.03. The Balaban J connectivity index is 1.66. The number of amides is 1. The second kappa shape index (κ2) is 10.5. The van der Waals surface area contributed by atoms with Crippen molar-refractivity contribution in [2.24, 2.45) is 0 Å². The molecular formula is C23H25FN2O5S. The summed E-state index contributed by atoms with van der Waals surface area (Å²) in [6.45, 7) is 0.666. The summed E-state index contributed by atoms with van der Waals surface area (Å²) in [6.07, 6.45) is -0.0845. The highest BCUT2D eigenvalue weighted by atomic mass is 32.2. The van der Waals surface area contributed by atoms with E-state index in [1.165, 1.54) is 22.5 Å². The van der Waals surface area contributed by atoms with Crippen molar-refractivity contribution >= 4 is 16.1 Å². The molecule has 2 aromatic rings. The molecule has 0 bridgehead atoms. The Morgan fingerprint density at radius 2 is 1.88 bits per heavy atom. The zero-order valence-corrected chi connectivity index (χ0v) is 18.4. The minimum Gasteiger partial charge on any atom is -0.497 e. The van der Waals surface area contributed by atoms with Gasteiger partial charge in [-0.25, -0.2) is 21.9 Å². The highest BCUT2D eigenvalue weighted by molar-refractivity contribution is 7.89. The number of hydrogen-bond donors (Lipinski definition) is 2. The van der Waals surface area contributed by atoms with Gasteiger partial charge in [-0.2, -0.15) is 0 Å². The fraction of sp³-hybridized carbons (Fsp3) is 0.348. The topological polar surface area (TPSA) is 95.9 Å². The third-order valence-corrected chi connectivity index (χ3v) is 7.27. The molecule has 0 radical (unpaired) electrons. The molecule has 1 amide bonds. The van der Waals surface area contributed by atoms with Gasteiger partial charge in [0.15, 0.2) is 0 Å². The van der Waals surface area contributed by atoms with Crippen LogP contribution < -0.4 is 10.1 Å². The van der Waals surface area contributed by atoms with E-state index >= 15 is 0 Å². The van der Waals surface area contributed by atoms with Crippen LogP contribution in [-0.2, 0) is 10.0 Å². The van der Waals surface area contributed by atoms with Gasteiger partial charge in [0.25, 0.3) is 0 Å². The Hall–Kier alpha value is -3.09. The van der Waals surface area contributed by atoms with Crippen molar-refractivity contribution in [2.75, 3.05) is 26.0 Å². The number of piperidine rings is 1. The largest absolute Gasteiger partial charge is 0.497 e. The summed E-state index contributed by atoms with van der Waals surface area (Å²) in [7, 11) is -2.16. The second-order valence-corrected chi connectivity index (χ2v) is 9.49. The van der Waals surface area contributed by atoms with E-state index in [0.717, 1.165) is 11.3 Å². The van der Waals surface area contributed by atoms with E-state index in [9.17, 15) is 17.6 Å². The quantitative estimate of drug-likeness (QED) is 0.646. The second-order valence-electron chi connectivity index (χ2n) is 7.48. The number of halogens is 1. The van der Waals surface area contributed by atoms with E-state index in [-0.39, 0.29) is 11.5 Å². The molecule has 1 unspecified atom stereocenters. The van der Waals surface area contributed by atoms with Crippen molar-refractivity contribution in [2.45, 2.75) is 24.8 Å². The number of sulfonamides is 1. The van der Waals surface area contributed by atoms with E-state index in [1.54, 1.807) is 13.2 Å². The Morgan fingerprint density at radius 1 is 1.22 bits per heavy atom. The minimum absolute atomic E-state index is 0.0717. The average molecular weight is 461 g/mol. The molecule has 0 saturated carbocycles. The summed E-state index contributed by atoms with van der Waals surface area (Å²) < 4.78 is 46.2. The average Bonchev–Trinajstić information content (AvgIpc) is 2.78. The van der Waals surface area contributed by atoms with Crippen molar-refractivity contribution in [3.63, 3.8) is 0 Å². The maximum Gasteiger partial charge on any atom is 0.405 e. The molecule has 9 heteroatoms. The molecule has 7 nitrogen and oxygen atoms in total. The van der Waals surface area contributed by atoms with E-state index < -0.39 is 33.7 Å². The fourth-order valence-electron chi connectivity index (χ4n) is 3.66. The number of carbonyl (C=O) groups is 1. The first-order valence-electron chi connectivity index (χ1n) is 10.2. The van der Waals surface area contributed by atoms with Crippen molar-refractivity contribution in [3.05, 3.63) is 65.5 Å². The smallest absolute Gasteiger partial charge is 0.405 e. The number of benzene rings is 2. The van der Waals surface area contributed by atoms with Gasteiger partial charge in [0, 0.05) is 13.1 Å². The standard InChI is InChI=1S/C23H25FN2O5S/c1-31-21-10-7-17(8-11-21)18-12-14-26(15-13-18)32(29,30)16-20(25-23(27)28)9-6-19-4-2-3-5-22(19)24/h2-5,7-8,10-11,18,20,25H,12-16H2,1H3,(H,27,28). The first-order chi connectivity index (χ1) is 15.3. The molecule has 1 aliphatic rings. The van der Waals surface area contributed by atoms with E-state index in [1.807, 2.05) is 24.3 Å². The van der Waals surface area contributed by atoms with Gasteiger partial charge in [0.1, 0.15) is 17.6 Å². The molecule has 3 rings (SSSR count). The lowest BCUT2D eigenvalue weighted by atomic mass is 9.90. The van der Waals surface area contributed by atoms with Crippen LogP contribution in [0.2, 0.25) is 0 Å². The van der Waals surface area contributed by atoms with Crippen LogP contribution in [0.5, 0.6) is 5.75 Å². The van der Waals surface area contributed by atoms with E-state index in [4.69, 9.17) is 9.84 Å². The van der Waals surface area contributed by atoms with Crippen LogP contribution >= 0.6 is 0 Å². The van der Waals surface area contributed by atoms with Gasteiger partial charge in [-0.3, -0.25) is 0 Å². The third-order valence-electron chi connectivity index (χ3n) is 5.36. The molecule has 0 spiro atoms. The van der Waals surface area contributed by atoms with Crippen LogP contribution in [0.4, 0.5) is 9.18 Å². The molecule has 170 valence electrons. The number of methoxy groups -OCH3 is 1. The number of nitrogens with zero attached hydrogens (tertiary/aromatic N) is 1. The van der Waals surface area contributed by atoms with E-state index in [0.29, 0.717) is 25.9 Å². The summed E-state index contributed by atoms with van der Waals surface area (Å²) in [4.78, 5) is 11.1. The number of hydrogen-bond acceptors (Lipinski definition) is 4. The summed E-state index contributed by atoms with van der Waals surface area (Å²) in [5, 5.41) is 11.2. The van der Waals surface area contributed by atoms with Crippen LogP contribution in [-0.4, -0.2) is 55.9 Å². The predicted molar refractivity (Wildman–Crippen MR) is 119 cm³/mol. The van der Waals surface area contributed by atoms with Crippen LogP contribution in [0.25, 0.3) is 0 Å². The summed E-state index contributed by atoms with van der Waals surface area (Å²) >= 11 is 0. The van der Waals surface area contributed by atoms with Gasteiger partial charge in [-0.05, 0) is 48.6 Å². The lowest BCUT2D eigenvalue weighted by Gasteiger charge is -2.32. The van der Waals surface area contributed by atoms with Crippen molar-refractivity contribution in [1.29, 1.82) is 0 Å². The number of rotatable bonds is 6. The van der Waals surface area contributed by atoms with E-state index in [2.05, 4.69) is 17.2 Å². The highest BCUT2D eigenvalue weighted by Gasteiger charge is 2.31. The van der Waals surface area contributed by atoms with Crippen molar-refractivity contribution in [3.8, 4) is 17.6 Å². The lowest BCUT2D eigenvalue weighted by molar-refractivity contribution is 0.193. The first-order valence-corrected chi connectivity index (χ1v) is 11.8. The highest BCUT2D eigenvalue weighted by Crippen LogP contribution is 2.30. The Morgan fingerprint density at radius 3 is 2.47 bits per heavy atom. The summed E-state index contributed by atoms with van der Waals surface area (Å²) in [5.41, 5.74) is 1.20. The Bertz CT molecular complexity index is 1100. The van der Waals surface area contributed by atoms with Gasteiger partial charge >= 0.3 is 6.09 Å². The molecule has 0 aliphatic carbocycles. The molecule has 0 aromatic heterocycles. The molecule has 2 N–H and O–H groups in total. The number of nitrogens with one attached hydrogen (secondary N) is 1. The van der Waals surface area contributed by atoms with Gasteiger partial charge < -0.3 is 15.2 Å². The normalized spacial score (nSPS) is 15.9. The first kappa shape index (κ1) is 23.6. The molecule has 1 heterocycles. The third kappa shape index (κ3) is 6.22. The van der Waals surface area contributed by atoms with Crippen LogP contribution in [0.3, 0.4) is 0 Å². The zero-order chi connectivity index (χ0) is 23.1. The molecule has 2 aromatic carbocycles. The van der Waals surface area contributed by atoms with Gasteiger partial charge in [0.05, 0.1) is 18.4 Å². The number of carboxylic acid groups (broad SMARTS) is 1. The van der Waals surface area contributed by atoms with Crippen LogP contribution in [0.1, 0.15) is 29.9 Å². The SMILES string of the molecule is COc1ccc(C2CCN(S(=O)(=O)CC(C#Cc3ccccc3F)NC(=O)O)CC2)cc1. The minimum atomic E-state index is -3.77. The molecular weight excluding hydrogens is 435 g/mol.